The van der Waals surface area contributed by atoms with Gasteiger partial charge in [-0.2, -0.15) is 0 Å². The van der Waals surface area contributed by atoms with Crippen molar-refractivity contribution in [2.24, 2.45) is 0 Å². The van der Waals surface area contributed by atoms with Crippen LogP contribution in [0, 0.1) is 6.92 Å². The number of methoxy groups -OCH3 is 1. The minimum Gasteiger partial charge on any atom is -0.496 e. The van der Waals surface area contributed by atoms with E-state index in [1.54, 1.807) is 7.11 Å². The molecule has 1 atom stereocenters. The van der Waals surface area contributed by atoms with Crippen molar-refractivity contribution in [3.63, 3.8) is 0 Å². The summed E-state index contributed by atoms with van der Waals surface area (Å²) in [5.74, 6) is 0.933. The first-order valence-corrected chi connectivity index (χ1v) is 7.43. The van der Waals surface area contributed by atoms with E-state index in [-0.39, 0.29) is 12.5 Å². The molecule has 0 amide bonds. The molecule has 2 aromatic rings. The molecule has 0 saturated carbocycles. The second-order valence-corrected chi connectivity index (χ2v) is 5.77. The summed E-state index contributed by atoms with van der Waals surface area (Å²) in [7, 11) is 1.68. The molecule has 0 aliphatic heterocycles. The van der Waals surface area contributed by atoms with E-state index in [4.69, 9.17) is 4.74 Å². The summed E-state index contributed by atoms with van der Waals surface area (Å²) >= 11 is 3.56. The van der Waals surface area contributed by atoms with Gasteiger partial charge < -0.3 is 9.84 Å². The number of benzene rings is 2. The number of aliphatic hydroxyl groups excluding tert-OH is 1. The molecule has 0 fully saturated rings. The number of aliphatic hydroxyl groups is 1. The molecule has 0 bridgehead atoms. The molecule has 106 valence electrons. The van der Waals surface area contributed by atoms with Gasteiger partial charge in [-0.3, -0.25) is 0 Å². The highest BCUT2D eigenvalue weighted by molar-refractivity contribution is 9.10. The highest BCUT2D eigenvalue weighted by Gasteiger charge is 2.16. The predicted molar refractivity (Wildman–Crippen MR) is 85.4 cm³/mol. The summed E-state index contributed by atoms with van der Waals surface area (Å²) < 4.78 is 6.45. The standard InChI is InChI=1S/C17H19BrO2/c1-12-7-8-17(20-2)13(9-12)10-14(11-19)15-5-3-4-6-16(15)18/h3-9,14,19H,10-11H2,1-2H3. The van der Waals surface area contributed by atoms with Crippen LogP contribution < -0.4 is 4.74 Å². The van der Waals surface area contributed by atoms with Crippen molar-refractivity contribution < 1.29 is 9.84 Å². The van der Waals surface area contributed by atoms with E-state index >= 15 is 0 Å². The Kier molecular flexibility index (Phi) is 5.21. The summed E-state index contributed by atoms with van der Waals surface area (Å²) in [6.07, 6.45) is 0.754. The van der Waals surface area contributed by atoms with E-state index in [1.807, 2.05) is 36.4 Å². The van der Waals surface area contributed by atoms with E-state index in [0.29, 0.717) is 0 Å². The molecule has 1 unspecified atom stereocenters. The zero-order valence-electron chi connectivity index (χ0n) is 11.8. The quantitative estimate of drug-likeness (QED) is 0.892. The lowest BCUT2D eigenvalue weighted by Gasteiger charge is -2.18. The zero-order chi connectivity index (χ0) is 14.5. The van der Waals surface area contributed by atoms with Gasteiger partial charge >= 0.3 is 0 Å². The zero-order valence-corrected chi connectivity index (χ0v) is 13.4. The maximum absolute atomic E-state index is 9.74. The van der Waals surface area contributed by atoms with Crippen molar-refractivity contribution >= 4 is 15.9 Å². The molecule has 0 saturated heterocycles. The normalized spacial score (nSPS) is 12.2. The highest BCUT2D eigenvalue weighted by Crippen LogP contribution is 2.30. The Labute approximate surface area is 128 Å². The Morgan fingerprint density at radius 1 is 1.20 bits per heavy atom. The largest absolute Gasteiger partial charge is 0.496 e. The summed E-state index contributed by atoms with van der Waals surface area (Å²) in [6.45, 7) is 2.18. The highest BCUT2D eigenvalue weighted by atomic mass is 79.9. The van der Waals surface area contributed by atoms with Gasteiger partial charge in [-0.05, 0) is 36.6 Å². The molecule has 0 aliphatic carbocycles. The van der Waals surface area contributed by atoms with Crippen molar-refractivity contribution in [2.45, 2.75) is 19.3 Å². The molecule has 0 radical (unpaired) electrons. The second-order valence-electron chi connectivity index (χ2n) is 4.92. The van der Waals surface area contributed by atoms with Gasteiger partial charge in [0.25, 0.3) is 0 Å². The topological polar surface area (TPSA) is 29.5 Å². The van der Waals surface area contributed by atoms with E-state index < -0.39 is 0 Å². The Bertz CT molecular complexity index is 581. The molecule has 0 spiro atoms. The predicted octanol–water partition coefficient (Wildman–Crippen LogP) is 4.08. The molecule has 0 aromatic heterocycles. The van der Waals surface area contributed by atoms with Crippen LogP contribution in [0.2, 0.25) is 0 Å². The van der Waals surface area contributed by atoms with Crippen LogP contribution in [0.5, 0.6) is 5.75 Å². The number of rotatable bonds is 5. The molecule has 1 N–H and O–H groups in total. The third kappa shape index (κ3) is 3.41. The Morgan fingerprint density at radius 3 is 2.60 bits per heavy atom. The first kappa shape index (κ1) is 15.1. The van der Waals surface area contributed by atoms with Gasteiger partial charge in [0.2, 0.25) is 0 Å². The lowest BCUT2D eigenvalue weighted by Crippen LogP contribution is -2.09. The van der Waals surface area contributed by atoms with Gasteiger partial charge in [0.1, 0.15) is 5.75 Å². The maximum Gasteiger partial charge on any atom is 0.122 e. The first-order chi connectivity index (χ1) is 9.65. The van der Waals surface area contributed by atoms with Crippen LogP contribution >= 0.6 is 15.9 Å². The molecule has 0 heterocycles. The smallest absolute Gasteiger partial charge is 0.122 e. The van der Waals surface area contributed by atoms with Gasteiger partial charge in [-0.25, -0.2) is 0 Å². The lowest BCUT2D eigenvalue weighted by molar-refractivity contribution is 0.263. The van der Waals surface area contributed by atoms with Gasteiger partial charge in [-0.1, -0.05) is 51.8 Å². The fourth-order valence-corrected chi connectivity index (χ4v) is 3.02. The van der Waals surface area contributed by atoms with Crippen molar-refractivity contribution in [3.05, 3.63) is 63.6 Å². The minimum absolute atomic E-state index is 0.0567. The van der Waals surface area contributed by atoms with Crippen LogP contribution in [0.25, 0.3) is 0 Å². The van der Waals surface area contributed by atoms with Crippen LogP contribution in [-0.2, 0) is 6.42 Å². The number of aryl methyl sites for hydroxylation is 1. The number of hydrogen-bond acceptors (Lipinski definition) is 2. The van der Waals surface area contributed by atoms with Gasteiger partial charge in [0.05, 0.1) is 13.7 Å². The summed E-state index contributed by atoms with van der Waals surface area (Å²) in [4.78, 5) is 0. The van der Waals surface area contributed by atoms with Crippen molar-refractivity contribution in [3.8, 4) is 5.75 Å². The van der Waals surface area contributed by atoms with Crippen LogP contribution in [0.15, 0.2) is 46.9 Å². The molecule has 2 rings (SSSR count). The summed E-state index contributed by atoms with van der Waals surface area (Å²) in [5.41, 5.74) is 3.45. The van der Waals surface area contributed by atoms with Crippen molar-refractivity contribution in [1.29, 1.82) is 0 Å². The first-order valence-electron chi connectivity index (χ1n) is 6.64. The number of ether oxygens (including phenoxy) is 1. The van der Waals surface area contributed by atoms with Crippen LogP contribution in [0.4, 0.5) is 0 Å². The van der Waals surface area contributed by atoms with Crippen molar-refractivity contribution in [2.75, 3.05) is 13.7 Å². The second kappa shape index (κ2) is 6.91. The average Bonchev–Trinajstić information content (AvgIpc) is 2.46. The van der Waals surface area contributed by atoms with E-state index in [0.717, 1.165) is 27.8 Å². The molecule has 3 heteroatoms. The lowest BCUT2D eigenvalue weighted by atomic mass is 9.91. The monoisotopic (exact) mass is 334 g/mol. The maximum atomic E-state index is 9.74. The molecule has 20 heavy (non-hydrogen) atoms. The Balaban J connectivity index is 2.31. The van der Waals surface area contributed by atoms with E-state index in [2.05, 4.69) is 28.9 Å². The molecular formula is C17H19BrO2. The summed E-state index contributed by atoms with van der Waals surface area (Å²) in [6, 6.07) is 14.2. The van der Waals surface area contributed by atoms with Gasteiger partial charge in [-0.15, -0.1) is 0 Å². The summed E-state index contributed by atoms with van der Waals surface area (Å²) in [5, 5.41) is 9.74. The minimum atomic E-state index is 0.0567. The number of hydrogen-bond donors (Lipinski definition) is 1. The van der Waals surface area contributed by atoms with Crippen LogP contribution in [0.1, 0.15) is 22.6 Å². The van der Waals surface area contributed by atoms with Gasteiger partial charge in [0.15, 0.2) is 0 Å². The Hall–Kier alpha value is -1.32. The fraction of sp³-hybridized carbons (Fsp3) is 0.294. The van der Waals surface area contributed by atoms with Crippen molar-refractivity contribution in [1.82, 2.24) is 0 Å². The molecule has 0 aliphatic rings. The SMILES string of the molecule is COc1ccc(C)cc1CC(CO)c1ccccc1Br. The fourth-order valence-electron chi connectivity index (χ4n) is 2.41. The number of halogens is 1. The Morgan fingerprint density at radius 2 is 1.95 bits per heavy atom. The third-order valence-corrected chi connectivity index (χ3v) is 4.19. The van der Waals surface area contributed by atoms with Crippen LogP contribution in [-0.4, -0.2) is 18.8 Å². The van der Waals surface area contributed by atoms with E-state index in [9.17, 15) is 5.11 Å². The average molecular weight is 335 g/mol. The molecule has 2 nitrogen and oxygen atoms in total. The van der Waals surface area contributed by atoms with Crippen LogP contribution in [0.3, 0.4) is 0 Å². The third-order valence-electron chi connectivity index (χ3n) is 3.47. The van der Waals surface area contributed by atoms with Gasteiger partial charge in [0, 0.05) is 10.4 Å². The van der Waals surface area contributed by atoms with E-state index in [1.165, 1.54) is 5.56 Å². The molecule has 2 aromatic carbocycles. The molecular weight excluding hydrogens is 316 g/mol.